The van der Waals surface area contributed by atoms with Crippen molar-refractivity contribution in [1.29, 1.82) is 0 Å². The second kappa shape index (κ2) is 6.35. The molecule has 1 fully saturated rings. The van der Waals surface area contributed by atoms with E-state index in [1.165, 1.54) is 30.2 Å². The van der Waals surface area contributed by atoms with Gasteiger partial charge in [-0.25, -0.2) is 9.18 Å². The topological polar surface area (TPSA) is 46.6 Å². The van der Waals surface area contributed by atoms with E-state index in [-0.39, 0.29) is 5.56 Å². The van der Waals surface area contributed by atoms with E-state index in [2.05, 4.69) is 15.9 Å². The lowest BCUT2D eigenvalue weighted by molar-refractivity contribution is -0.147. The van der Waals surface area contributed by atoms with Gasteiger partial charge < -0.3 is 9.64 Å². The van der Waals surface area contributed by atoms with Crippen molar-refractivity contribution in [1.82, 2.24) is 4.90 Å². The van der Waals surface area contributed by atoms with E-state index in [1.54, 1.807) is 0 Å². The van der Waals surface area contributed by atoms with Crippen LogP contribution in [0.2, 0.25) is 0 Å². The maximum atomic E-state index is 13.8. The summed E-state index contributed by atoms with van der Waals surface area (Å²) in [6.45, 7) is 0.435. The highest BCUT2D eigenvalue weighted by Gasteiger charge is 2.34. The minimum absolute atomic E-state index is 0.0322. The number of carbonyl (C=O) groups excluding carboxylic acids is 2. The number of ether oxygens (including phenoxy) is 1. The zero-order valence-electron chi connectivity index (χ0n) is 11.1. The lowest BCUT2D eigenvalue weighted by Gasteiger charge is -2.33. The molecule has 0 aliphatic carbocycles. The Bertz CT molecular complexity index is 535. The summed E-state index contributed by atoms with van der Waals surface area (Å²) in [5.74, 6) is -1.51. The average Bonchev–Trinajstić information content (AvgIpc) is 2.48. The van der Waals surface area contributed by atoms with Crippen LogP contribution in [0, 0.1) is 5.82 Å². The first-order chi connectivity index (χ1) is 9.54. The van der Waals surface area contributed by atoms with Crippen LogP contribution >= 0.6 is 15.9 Å². The van der Waals surface area contributed by atoms with Gasteiger partial charge in [-0.05, 0) is 37.5 Å². The Balaban J connectivity index is 2.30. The van der Waals surface area contributed by atoms with Gasteiger partial charge in [-0.1, -0.05) is 15.9 Å². The standard InChI is InChI=1S/C14H15BrFNO3/c1-20-14(19)12-4-2-3-7-17(12)13(18)10-8-9(15)5-6-11(10)16/h5-6,8,12H,2-4,7H2,1H3. The summed E-state index contributed by atoms with van der Waals surface area (Å²) in [5, 5.41) is 0. The molecule has 0 radical (unpaired) electrons. The number of methoxy groups -OCH3 is 1. The highest BCUT2D eigenvalue weighted by molar-refractivity contribution is 9.10. The number of rotatable bonds is 2. The molecule has 1 amide bonds. The van der Waals surface area contributed by atoms with Crippen molar-refractivity contribution < 1.29 is 18.7 Å². The fourth-order valence-corrected chi connectivity index (χ4v) is 2.73. The van der Waals surface area contributed by atoms with Gasteiger partial charge in [0.1, 0.15) is 11.9 Å². The Morgan fingerprint density at radius 2 is 2.15 bits per heavy atom. The minimum atomic E-state index is -0.625. The van der Waals surface area contributed by atoms with Crippen LogP contribution in [0.4, 0.5) is 4.39 Å². The Kier molecular flexibility index (Phi) is 4.75. The monoisotopic (exact) mass is 343 g/mol. The van der Waals surface area contributed by atoms with E-state index in [4.69, 9.17) is 4.74 Å². The highest BCUT2D eigenvalue weighted by atomic mass is 79.9. The highest BCUT2D eigenvalue weighted by Crippen LogP contribution is 2.23. The Labute approximate surface area is 125 Å². The number of halogens is 2. The van der Waals surface area contributed by atoms with Gasteiger partial charge in [0, 0.05) is 11.0 Å². The van der Waals surface area contributed by atoms with Crippen molar-refractivity contribution in [3.63, 3.8) is 0 Å². The van der Waals surface area contributed by atoms with E-state index < -0.39 is 23.7 Å². The zero-order chi connectivity index (χ0) is 14.7. The van der Waals surface area contributed by atoms with Crippen LogP contribution in [-0.2, 0) is 9.53 Å². The third kappa shape index (κ3) is 3.00. The zero-order valence-corrected chi connectivity index (χ0v) is 12.7. The first kappa shape index (κ1) is 15.0. The van der Waals surface area contributed by atoms with Crippen LogP contribution < -0.4 is 0 Å². The van der Waals surface area contributed by atoms with Crippen LogP contribution in [-0.4, -0.2) is 36.5 Å². The maximum Gasteiger partial charge on any atom is 0.328 e. The smallest absolute Gasteiger partial charge is 0.328 e. The van der Waals surface area contributed by atoms with Gasteiger partial charge in [-0.15, -0.1) is 0 Å². The molecule has 1 atom stereocenters. The van der Waals surface area contributed by atoms with Gasteiger partial charge in [-0.3, -0.25) is 4.79 Å². The van der Waals surface area contributed by atoms with Crippen molar-refractivity contribution >= 4 is 27.8 Å². The normalized spacial score (nSPS) is 18.8. The molecule has 1 unspecified atom stereocenters. The molecule has 0 bridgehead atoms. The van der Waals surface area contributed by atoms with Gasteiger partial charge in [0.05, 0.1) is 12.7 Å². The molecule has 108 valence electrons. The molecule has 0 N–H and O–H groups in total. The van der Waals surface area contributed by atoms with Crippen LogP contribution in [0.1, 0.15) is 29.6 Å². The summed E-state index contributed by atoms with van der Waals surface area (Å²) in [6.07, 6.45) is 2.20. The number of nitrogens with zero attached hydrogens (tertiary/aromatic N) is 1. The minimum Gasteiger partial charge on any atom is -0.467 e. The number of likely N-dealkylation sites (tertiary alicyclic amines) is 1. The molecule has 0 aromatic heterocycles. The number of hydrogen-bond acceptors (Lipinski definition) is 3. The van der Waals surface area contributed by atoms with Gasteiger partial charge >= 0.3 is 5.97 Å². The molecule has 20 heavy (non-hydrogen) atoms. The van der Waals surface area contributed by atoms with Crippen LogP contribution in [0.5, 0.6) is 0 Å². The second-order valence-corrected chi connectivity index (χ2v) is 5.57. The van der Waals surface area contributed by atoms with Crippen molar-refractivity contribution in [2.24, 2.45) is 0 Å². The van der Waals surface area contributed by atoms with Crippen LogP contribution in [0.25, 0.3) is 0 Å². The number of benzene rings is 1. The SMILES string of the molecule is COC(=O)C1CCCCN1C(=O)c1cc(Br)ccc1F. The number of hydrogen-bond donors (Lipinski definition) is 0. The molecular weight excluding hydrogens is 329 g/mol. The largest absolute Gasteiger partial charge is 0.467 e. The molecular formula is C14H15BrFNO3. The van der Waals surface area contributed by atoms with Gasteiger partial charge in [-0.2, -0.15) is 0 Å². The molecule has 1 heterocycles. The van der Waals surface area contributed by atoms with Crippen molar-refractivity contribution in [2.45, 2.75) is 25.3 Å². The fraction of sp³-hybridized carbons (Fsp3) is 0.429. The molecule has 4 nitrogen and oxygen atoms in total. The summed E-state index contributed by atoms with van der Waals surface area (Å²) in [7, 11) is 1.29. The number of piperidine rings is 1. The lowest BCUT2D eigenvalue weighted by atomic mass is 10.0. The first-order valence-electron chi connectivity index (χ1n) is 6.38. The first-order valence-corrected chi connectivity index (χ1v) is 7.17. The van der Waals surface area contributed by atoms with E-state index >= 15 is 0 Å². The van der Waals surface area contributed by atoms with E-state index in [0.29, 0.717) is 17.4 Å². The number of esters is 1. The number of amides is 1. The quantitative estimate of drug-likeness (QED) is 0.775. The van der Waals surface area contributed by atoms with E-state index in [1.807, 2.05) is 0 Å². The summed E-state index contributed by atoms with van der Waals surface area (Å²) in [5.41, 5.74) is -0.0322. The summed E-state index contributed by atoms with van der Waals surface area (Å²) in [6, 6.07) is 3.56. The van der Waals surface area contributed by atoms with Crippen molar-refractivity contribution in [2.75, 3.05) is 13.7 Å². The molecule has 6 heteroatoms. The third-order valence-electron chi connectivity index (χ3n) is 3.40. The summed E-state index contributed by atoms with van der Waals surface area (Å²) < 4.78 is 19.1. The van der Waals surface area contributed by atoms with E-state index in [0.717, 1.165) is 12.8 Å². The molecule has 1 saturated heterocycles. The molecule has 2 rings (SSSR count). The van der Waals surface area contributed by atoms with Crippen molar-refractivity contribution in [3.05, 3.63) is 34.1 Å². The summed E-state index contributed by atoms with van der Waals surface area (Å²) in [4.78, 5) is 25.6. The molecule has 1 aliphatic rings. The lowest BCUT2D eigenvalue weighted by Crippen LogP contribution is -2.48. The average molecular weight is 344 g/mol. The Morgan fingerprint density at radius 3 is 2.85 bits per heavy atom. The third-order valence-corrected chi connectivity index (χ3v) is 3.89. The predicted molar refractivity (Wildman–Crippen MR) is 74.8 cm³/mol. The van der Waals surface area contributed by atoms with E-state index in [9.17, 15) is 14.0 Å². The van der Waals surface area contributed by atoms with Gasteiger partial charge in [0.2, 0.25) is 0 Å². The molecule has 1 aromatic rings. The molecule has 0 spiro atoms. The van der Waals surface area contributed by atoms with Crippen LogP contribution in [0.3, 0.4) is 0 Å². The van der Waals surface area contributed by atoms with Gasteiger partial charge in [0.15, 0.2) is 0 Å². The van der Waals surface area contributed by atoms with Crippen LogP contribution in [0.15, 0.2) is 22.7 Å². The summed E-state index contributed by atoms with van der Waals surface area (Å²) >= 11 is 3.22. The fourth-order valence-electron chi connectivity index (χ4n) is 2.37. The predicted octanol–water partition coefficient (Wildman–Crippen LogP) is 2.76. The maximum absolute atomic E-state index is 13.8. The van der Waals surface area contributed by atoms with Gasteiger partial charge in [0.25, 0.3) is 5.91 Å². The Morgan fingerprint density at radius 1 is 1.40 bits per heavy atom. The Hall–Kier alpha value is -1.43. The van der Waals surface area contributed by atoms with Crippen molar-refractivity contribution in [3.8, 4) is 0 Å². The molecule has 1 aliphatic heterocycles. The number of carbonyl (C=O) groups is 2. The second-order valence-electron chi connectivity index (χ2n) is 4.66. The molecule has 0 saturated carbocycles. The molecule has 1 aromatic carbocycles.